The summed E-state index contributed by atoms with van der Waals surface area (Å²) in [5.74, 6) is 0.409. The maximum atomic E-state index is 12.1. The van der Waals surface area contributed by atoms with E-state index in [0.29, 0.717) is 18.6 Å². The quantitative estimate of drug-likeness (QED) is 0.0621. The average Bonchev–Trinajstić information content (AvgIpc) is 2.99. The molecule has 0 amide bonds. The molecule has 0 aromatic rings. The van der Waals surface area contributed by atoms with Gasteiger partial charge < -0.3 is 46.5 Å². The molecule has 1 rings (SSSR count). The first-order chi connectivity index (χ1) is 21.1. The third-order valence-corrected chi connectivity index (χ3v) is 9.00. The SMILES string of the molecule is CC(N)C(O)CCCCCCCC(=O)CCCCCCCCCCCCCCC(O[C@@H]1O[C@H](CO)[C@H](O)[C@H](O)[C@H]1O)C(C)N. The Hall–Kier alpha value is -0.690. The summed E-state index contributed by atoms with van der Waals surface area (Å²) in [6, 6.07) is -0.447. The van der Waals surface area contributed by atoms with Crippen LogP contribution >= 0.6 is 0 Å². The minimum absolute atomic E-state index is 0.157. The van der Waals surface area contributed by atoms with Crippen LogP contribution in [0.5, 0.6) is 0 Å². The van der Waals surface area contributed by atoms with Crippen LogP contribution in [0.1, 0.15) is 149 Å². The molecule has 1 heterocycles. The summed E-state index contributed by atoms with van der Waals surface area (Å²) < 4.78 is 11.3. The van der Waals surface area contributed by atoms with Crippen LogP contribution in [-0.4, -0.2) is 92.9 Å². The number of unbranched alkanes of at least 4 members (excludes halogenated alkanes) is 15. The predicted molar refractivity (Wildman–Crippen MR) is 174 cm³/mol. The molecule has 0 aromatic heterocycles. The van der Waals surface area contributed by atoms with Crippen LogP contribution in [-0.2, 0) is 14.3 Å². The third-order valence-electron chi connectivity index (χ3n) is 9.00. The molecule has 0 spiro atoms. The van der Waals surface area contributed by atoms with Gasteiger partial charge in [-0.3, -0.25) is 4.79 Å². The van der Waals surface area contributed by atoms with E-state index in [9.17, 15) is 30.3 Å². The Morgan fingerprint density at radius 3 is 1.52 bits per heavy atom. The number of hydrogen-bond acceptors (Lipinski definition) is 10. The van der Waals surface area contributed by atoms with Crippen LogP contribution in [0.2, 0.25) is 0 Å². The summed E-state index contributed by atoms with van der Waals surface area (Å²) in [6.07, 6.45) is 15.1. The van der Waals surface area contributed by atoms with Crippen molar-refractivity contribution in [2.24, 2.45) is 11.5 Å². The van der Waals surface area contributed by atoms with Crippen LogP contribution in [0.4, 0.5) is 0 Å². The molecule has 9 N–H and O–H groups in total. The van der Waals surface area contributed by atoms with E-state index in [-0.39, 0.29) is 18.2 Å². The van der Waals surface area contributed by atoms with Crippen molar-refractivity contribution >= 4 is 5.78 Å². The number of ether oxygens (including phenoxy) is 2. The molecule has 44 heavy (non-hydrogen) atoms. The second-order valence-electron chi connectivity index (χ2n) is 13.3. The Labute approximate surface area is 267 Å². The fraction of sp³-hybridized carbons (Fsp3) is 0.971. The number of Topliss-reactive ketones (excluding diaryl/α,β-unsaturated/α-hetero) is 1. The first kappa shape index (κ1) is 41.3. The molecule has 1 aliphatic rings. The Kier molecular flexibility index (Phi) is 23.9. The molecule has 1 fully saturated rings. The maximum Gasteiger partial charge on any atom is 0.187 e. The largest absolute Gasteiger partial charge is 0.394 e. The van der Waals surface area contributed by atoms with E-state index < -0.39 is 43.4 Å². The molecule has 262 valence electrons. The van der Waals surface area contributed by atoms with Gasteiger partial charge in [0.05, 0.1) is 18.8 Å². The van der Waals surface area contributed by atoms with Crippen molar-refractivity contribution in [2.45, 2.75) is 204 Å². The normalized spacial score (nSPS) is 25.1. The highest BCUT2D eigenvalue weighted by atomic mass is 16.7. The smallest absolute Gasteiger partial charge is 0.187 e. The summed E-state index contributed by atoms with van der Waals surface area (Å²) in [6.45, 7) is 3.19. The van der Waals surface area contributed by atoms with Gasteiger partial charge in [-0.2, -0.15) is 0 Å². The number of rotatable bonds is 28. The number of nitrogens with two attached hydrogens (primary N) is 2. The van der Waals surface area contributed by atoms with Crippen molar-refractivity contribution in [3.8, 4) is 0 Å². The molecular formula is C34H68N2O8. The molecule has 1 saturated heterocycles. The van der Waals surface area contributed by atoms with Crippen LogP contribution in [0.15, 0.2) is 0 Å². The topological polar surface area (TPSA) is 189 Å². The van der Waals surface area contributed by atoms with Gasteiger partial charge in [0.25, 0.3) is 0 Å². The Bertz CT molecular complexity index is 696. The molecule has 0 aromatic carbocycles. The predicted octanol–water partition coefficient (Wildman–Crippen LogP) is 3.99. The second kappa shape index (κ2) is 25.4. The highest BCUT2D eigenvalue weighted by Crippen LogP contribution is 2.25. The van der Waals surface area contributed by atoms with E-state index in [1.165, 1.54) is 44.9 Å². The van der Waals surface area contributed by atoms with Gasteiger partial charge in [0.1, 0.15) is 30.2 Å². The zero-order valence-corrected chi connectivity index (χ0v) is 27.9. The molecule has 0 radical (unpaired) electrons. The third kappa shape index (κ3) is 18.5. The zero-order chi connectivity index (χ0) is 32.7. The average molecular weight is 633 g/mol. The summed E-state index contributed by atoms with van der Waals surface area (Å²) in [5, 5.41) is 49.2. The lowest BCUT2D eigenvalue weighted by atomic mass is 9.98. The molecule has 4 unspecified atom stereocenters. The lowest BCUT2D eigenvalue weighted by Gasteiger charge is -2.41. The van der Waals surface area contributed by atoms with E-state index in [1.807, 2.05) is 13.8 Å². The second-order valence-corrected chi connectivity index (χ2v) is 13.3. The maximum absolute atomic E-state index is 12.1. The van der Waals surface area contributed by atoms with E-state index >= 15 is 0 Å². The van der Waals surface area contributed by atoms with Crippen molar-refractivity contribution < 1.29 is 39.8 Å². The van der Waals surface area contributed by atoms with Gasteiger partial charge >= 0.3 is 0 Å². The van der Waals surface area contributed by atoms with E-state index in [1.54, 1.807) is 0 Å². The fourth-order valence-electron chi connectivity index (χ4n) is 5.84. The van der Waals surface area contributed by atoms with Gasteiger partial charge in [0.2, 0.25) is 0 Å². The van der Waals surface area contributed by atoms with Crippen molar-refractivity contribution in [3.63, 3.8) is 0 Å². The number of aliphatic hydroxyl groups excluding tert-OH is 5. The van der Waals surface area contributed by atoms with Crippen molar-refractivity contribution in [1.29, 1.82) is 0 Å². The number of aliphatic hydroxyl groups is 5. The molecule has 1 aliphatic heterocycles. The summed E-state index contributed by atoms with van der Waals surface area (Å²) in [4.78, 5) is 12.1. The van der Waals surface area contributed by atoms with Crippen molar-refractivity contribution in [3.05, 3.63) is 0 Å². The van der Waals surface area contributed by atoms with Crippen LogP contribution in [0.25, 0.3) is 0 Å². The van der Waals surface area contributed by atoms with Gasteiger partial charge in [-0.25, -0.2) is 0 Å². The summed E-state index contributed by atoms with van der Waals surface area (Å²) in [5.41, 5.74) is 11.8. The van der Waals surface area contributed by atoms with Gasteiger partial charge in [-0.15, -0.1) is 0 Å². The monoisotopic (exact) mass is 632 g/mol. The van der Waals surface area contributed by atoms with Crippen LogP contribution in [0, 0.1) is 0 Å². The van der Waals surface area contributed by atoms with E-state index in [2.05, 4.69) is 0 Å². The lowest BCUT2D eigenvalue weighted by molar-refractivity contribution is -0.312. The molecule has 10 heteroatoms. The first-order valence-electron chi connectivity index (χ1n) is 17.7. The lowest BCUT2D eigenvalue weighted by Crippen LogP contribution is -2.60. The van der Waals surface area contributed by atoms with Gasteiger partial charge in [-0.1, -0.05) is 96.3 Å². The minimum Gasteiger partial charge on any atom is -0.394 e. The Balaban J connectivity index is 1.94. The number of carbonyl (C=O) groups excluding carboxylic acids is 1. The van der Waals surface area contributed by atoms with Gasteiger partial charge in [0.15, 0.2) is 6.29 Å². The standard InChI is InChI=1S/C34H68N2O8/c1-25(35)28(39)22-18-14-11-13-17-21-27(38)20-16-12-9-7-5-3-4-6-8-10-15-19-23-29(26(2)36)43-34-33(42)32(41)31(40)30(24-37)44-34/h25-26,28-34,37,39-42H,3-24,35-36H2,1-2H3/t25?,26?,28?,29?,30-,31+,32+,33-,34-/m1/s1. The highest BCUT2D eigenvalue weighted by Gasteiger charge is 2.45. The van der Waals surface area contributed by atoms with Crippen molar-refractivity contribution in [2.75, 3.05) is 6.61 Å². The molecule has 0 aliphatic carbocycles. The minimum atomic E-state index is -1.45. The van der Waals surface area contributed by atoms with Gasteiger partial charge in [-0.05, 0) is 39.5 Å². The fourth-order valence-corrected chi connectivity index (χ4v) is 5.84. The molecule has 10 nitrogen and oxygen atoms in total. The Morgan fingerprint density at radius 2 is 1.09 bits per heavy atom. The molecule has 0 bridgehead atoms. The first-order valence-corrected chi connectivity index (χ1v) is 17.7. The van der Waals surface area contributed by atoms with E-state index in [0.717, 1.165) is 77.0 Å². The number of carbonyl (C=O) groups is 1. The molecule has 9 atom stereocenters. The molecule has 0 saturated carbocycles. The van der Waals surface area contributed by atoms with Gasteiger partial charge in [0, 0.05) is 24.9 Å². The zero-order valence-electron chi connectivity index (χ0n) is 27.9. The van der Waals surface area contributed by atoms with E-state index in [4.69, 9.17) is 20.9 Å². The number of hydrogen-bond donors (Lipinski definition) is 7. The van der Waals surface area contributed by atoms with Crippen molar-refractivity contribution in [1.82, 2.24) is 0 Å². The summed E-state index contributed by atoms with van der Waals surface area (Å²) in [7, 11) is 0. The van der Waals surface area contributed by atoms with Crippen LogP contribution in [0.3, 0.4) is 0 Å². The Morgan fingerprint density at radius 1 is 0.659 bits per heavy atom. The molecular weight excluding hydrogens is 564 g/mol. The number of ketones is 1. The highest BCUT2D eigenvalue weighted by molar-refractivity contribution is 5.78. The summed E-state index contributed by atoms with van der Waals surface area (Å²) >= 11 is 0. The van der Waals surface area contributed by atoms with Crippen LogP contribution < -0.4 is 11.5 Å².